The van der Waals surface area contributed by atoms with E-state index < -0.39 is 0 Å². The van der Waals surface area contributed by atoms with Gasteiger partial charge in [0.1, 0.15) is 0 Å². The van der Waals surface area contributed by atoms with E-state index in [1.54, 1.807) is 17.4 Å². The Morgan fingerprint density at radius 3 is 2.75 bits per heavy atom. The Labute approximate surface area is 104 Å². The van der Waals surface area contributed by atoms with Gasteiger partial charge in [-0.25, -0.2) is 0 Å². The van der Waals surface area contributed by atoms with E-state index in [1.807, 2.05) is 6.07 Å². The van der Waals surface area contributed by atoms with Crippen LogP contribution in [0.3, 0.4) is 0 Å². The van der Waals surface area contributed by atoms with E-state index in [4.69, 9.17) is 11.6 Å². The molecule has 0 saturated heterocycles. The Balaban J connectivity index is 1.92. The van der Waals surface area contributed by atoms with E-state index in [2.05, 4.69) is 39.7 Å². The number of hydrogen-bond acceptors (Lipinski definition) is 4. The summed E-state index contributed by atoms with van der Waals surface area (Å²) in [6, 6.07) is 7.87. The normalized spacial score (nSPS) is 10.9. The molecule has 0 aromatic carbocycles. The van der Waals surface area contributed by atoms with Gasteiger partial charge in [-0.1, -0.05) is 17.7 Å². The summed E-state index contributed by atoms with van der Waals surface area (Å²) in [6.45, 7) is 1.71. The van der Waals surface area contributed by atoms with Gasteiger partial charge >= 0.3 is 0 Å². The fourth-order valence-electron chi connectivity index (χ4n) is 1.43. The largest absolute Gasteiger partial charge is 0.295 e. The lowest BCUT2D eigenvalue weighted by Crippen LogP contribution is -2.17. The van der Waals surface area contributed by atoms with Gasteiger partial charge in [0, 0.05) is 18.0 Å². The second-order valence-electron chi connectivity index (χ2n) is 3.60. The molecule has 0 aliphatic carbocycles. The maximum Gasteiger partial charge on any atom is 0.151 e. The average Bonchev–Trinajstić information content (AvgIpc) is 2.74. The molecule has 0 N–H and O–H groups in total. The Bertz CT molecular complexity index is 427. The van der Waals surface area contributed by atoms with Gasteiger partial charge in [-0.3, -0.25) is 4.90 Å². The van der Waals surface area contributed by atoms with Gasteiger partial charge in [-0.05, 0) is 30.6 Å². The van der Waals surface area contributed by atoms with E-state index in [0.29, 0.717) is 5.15 Å². The Hall–Kier alpha value is -0.970. The Morgan fingerprint density at radius 2 is 2.12 bits per heavy atom. The van der Waals surface area contributed by atoms with Crippen LogP contribution in [0.5, 0.6) is 0 Å². The molecule has 3 nitrogen and oxygen atoms in total. The van der Waals surface area contributed by atoms with Crippen LogP contribution in [0, 0.1) is 0 Å². The highest BCUT2D eigenvalue weighted by molar-refractivity contribution is 7.09. The van der Waals surface area contributed by atoms with Crippen molar-refractivity contribution in [2.24, 2.45) is 0 Å². The summed E-state index contributed by atoms with van der Waals surface area (Å²) >= 11 is 7.44. The second-order valence-corrected chi connectivity index (χ2v) is 5.02. The maximum atomic E-state index is 5.68. The molecular formula is C11H12ClN3S. The standard InChI is InChI=1S/C11H12ClN3S/c1-15(8-10-3-2-6-16-10)7-9-4-5-11(12)14-13-9/h2-6H,7-8H2,1H3. The van der Waals surface area contributed by atoms with Crippen molar-refractivity contribution in [3.8, 4) is 0 Å². The molecule has 0 aliphatic rings. The van der Waals surface area contributed by atoms with Crippen LogP contribution in [-0.4, -0.2) is 22.1 Å². The summed E-state index contributed by atoms with van der Waals surface area (Å²) < 4.78 is 0. The molecule has 2 aromatic rings. The number of rotatable bonds is 4. The Morgan fingerprint density at radius 1 is 1.25 bits per heavy atom. The van der Waals surface area contributed by atoms with Crippen LogP contribution in [0.1, 0.15) is 10.6 Å². The zero-order valence-electron chi connectivity index (χ0n) is 8.93. The Kier molecular flexibility index (Phi) is 3.88. The fourth-order valence-corrected chi connectivity index (χ4v) is 2.31. The quantitative estimate of drug-likeness (QED) is 0.839. The molecule has 0 atom stereocenters. The van der Waals surface area contributed by atoms with Crippen LogP contribution < -0.4 is 0 Å². The first-order valence-corrected chi connectivity index (χ1v) is 6.19. The van der Waals surface area contributed by atoms with Crippen molar-refractivity contribution in [2.45, 2.75) is 13.1 Å². The van der Waals surface area contributed by atoms with Gasteiger partial charge in [-0.15, -0.1) is 16.4 Å². The summed E-state index contributed by atoms with van der Waals surface area (Å²) in [4.78, 5) is 3.55. The SMILES string of the molecule is CN(Cc1ccc(Cl)nn1)Cc1cccs1. The summed E-state index contributed by atoms with van der Waals surface area (Å²) in [5, 5.41) is 10.4. The first-order chi connectivity index (χ1) is 7.74. The van der Waals surface area contributed by atoms with Crippen LogP contribution >= 0.6 is 22.9 Å². The minimum atomic E-state index is 0.435. The molecule has 0 radical (unpaired) electrons. The topological polar surface area (TPSA) is 29.0 Å². The lowest BCUT2D eigenvalue weighted by atomic mass is 10.3. The number of nitrogens with zero attached hydrogens (tertiary/aromatic N) is 3. The summed E-state index contributed by atoms with van der Waals surface area (Å²) in [7, 11) is 2.07. The maximum absolute atomic E-state index is 5.68. The predicted octanol–water partition coefficient (Wildman–Crippen LogP) is 2.82. The molecule has 0 bridgehead atoms. The smallest absolute Gasteiger partial charge is 0.151 e. The monoisotopic (exact) mass is 253 g/mol. The van der Waals surface area contributed by atoms with Gasteiger partial charge in [0.2, 0.25) is 0 Å². The lowest BCUT2D eigenvalue weighted by Gasteiger charge is -2.14. The number of hydrogen-bond donors (Lipinski definition) is 0. The summed E-state index contributed by atoms with van der Waals surface area (Å²) in [5.41, 5.74) is 0.934. The van der Waals surface area contributed by atoms with Crippen LogP contribution in [0.15, 0.2) is 29.6 Å². The van der Waals surface area contributed by atoms with Crippen LogP contribution in [0.4, 0.5) is 0 Å². The van der Waals surface area contributed by atoms with Gasteiger partial charge < -0.3 is 0 Å². The molecule has 2 rings (SSSR count). The van der Waals surface area contributed by atoms with E-state index in [0.717, 1.165) is 18.8 Å². The molecule has 84 valence electrons. The van der Waals surface area contributed by atoms with Crippen LogP contribution in [-0.2, 0) is 13.1 Å². The molecular weight excluding hydrogens is 242 g/mol. The number of thiophene rings is 1. The first kappa shape index (κ1) is 11.5. The molecule has 0 aliphatic heterocycles. The second kappa shape index (κ2) is 5.39. The lowest BCUT2D eigenvalue weighted by molar-refractivity contribution is 0.316. The van der Waals surface area contributed by atoms with Crippen molar-refractivity contribution in [2.75, 3.05) is 7.05 Å². The molecule has 0 spiro atoms. The van der Waals surface area contributed by atoms with Gasteiger partial charge in [0.05, 0.1) is 5.69 Å². The molecule has 0 saturated carbocycles. The van der Waals surface area contributed by atoms with Crippen molar-refractivity contribution >= 4 is 22.9 Å². The van der Waals surface area contributed by atoms with Crippen molar-refractivity contribution in [3.63, 3.8) is 0 Å². The number of halogens is 1. The molecule has 16 heavy (non-hydrogen) atoms. The van der Waals surface area contributed by atoms with E-state index in [1.165, 1.54) is 4.88 Å². The minimum absolute atomic E-state index is 0.435. The van der Waals surface area contributed by atoms with Crippen molar-refractivity contribution in [1.82, 2.24) is 15.1 Å². The van der Waals surface area contributed by atoms with Gasteiger partial charge in [0.15, 0.2) is 5.15 Å². The predicted molar refractivity (Wildman–Crippen MR) is 66.5 cm³/mol. The molecule has 0 unspecified atom stereocenters. The molecule has 0 fully saturated rings. The molecule has 5 heteroatoms. The third kappa shape index (κ3) is 3.27. The molecule has 2 aromatic heterocycles. The number of aromatic nitrogens is 2. The van der Waals surface area contributed by atoms with E-state index in [9.17, 15) is 0 Å². The first-order valence-electron chi connectivity index (χ1n) is 4.93. The van der Waals surface area contributed by atoms with Crippen LogP contribution in [0.2, 0.25) is 5.15 Å². The molecule has 0 amide bonds. The van der Waals surface area contributed by atoms with Gasteiger partial charge in [-0.2, -0.15) is 5.10 Å². The summed E-state index contributed by atoms with van der Waals surface area (Å²) in [6.07, 6.45) is 0. The average molecular weight is 254 g/mol. The van der Waals surface area contributed by atoms with Crippen LogP contribution in [0.25, 0.3) is 0 Å². The zero-order chi connectivity index (χ0) is 11.4. The summed E-state index contributed by atoms with van der Waals surface area (Å²) in [5.74, 6) is 0. The third-order valence-electron chi connectivity index (χ3n) is 2.12. The fraction of sp³-hybridized carbons (Fsp3) is 0.273. The third-order valence-corrected chi connectivity index (χ3v) is 3.19. The van der Waals surface area contributed by atoms with E-state index in [-0.39, 0.29) is 0 Å². The van der Waals surface area contributed by atoms with Gasteiger partial charge in [0.25, 0.3) is 0 Å². The highest BCUT2D eigenvalue weighted by Crippen LogP contribution is 2.12. The zero-order valence-corrected chi connectivity index (χ0v) is 10.5. The van der Waals surface area contributed by atoms with Crippen molar-refractivity contribution in [3.05, 3.63) is 45.4 Å². The highest BCUT2D eigenvalue weighted by Gasteiger charge is 2.03. The minimum Gasteiger partial charge on any atom is -0.295 e. The molecule has 2 heterocycles. The highest BCUT2D eigenvalue weighted by atomic mass is 35.5. The van der Waals surface area contributed by atoms with E-state index >= 15 is 0 Å². The van der Waals surface area contributed by atoms with Crippen molar-refractivity contribution < 1.29 is 0 Å². The van der Waals surface area contributed by atoms with Crippen molar-refractivity contribution in [1.29, 1.82) is 0 Å².